The van der Waals surface area contributed by atoms with E-state index in [2.05, 4.69) is 23.3 Å². The van der Waals surface area contributed by atoms with Gasteiger partial charge in [-0.25, -0.2) is 8.91 Å². The summed E-state index contributed by atoms with van der Waals surface area (Å²) in [6, 6.07) is 11.5. The molecule has 0 aliphatic heterocycles. The van der Waals surface area contributed by atoms with E-state index in [1.165, 1.54) is 6.20 Å². The molecule has 0 radical (unpaired) electrons. The van der Waals surface area contributed by atoms with Gasteiger partial charge >= 0.3 is 0 Å². The molecule has 1 amide bonds. The number of halogens is 1. The van der Waals surface area contributed by atoms with Gasteiger partial charge in [0.05, 0.1) is 29.0 Å². The number of nitrogens with two attached hydrogens (primary N) is 1. The number of nitrogens with one attached hydrogen (secondary N) is 1. The molecule has 7 heteroatoms. The molecule has 0 saturated heterocycles. The maximum absolute atomic E-state index is 14.5. The van der Waals surface area contributed by atoms with Gasteiger partial charge in [0.2, 0.25) is 0 Å². The summed E-state index contributed by atoms with van der Waals surface area (Å²) in [5, 5.41) is 7.54. The first-order valence-electron chi connectivity index (χ1n) is 10.4. The van der Waals surface area contributed by atoms with Crippen molar-refractivity contribution in [2.45, 2.75) is 45.8 Å². The highest BCUT2D eigenvalue weighted by molar-refractivity contribution is 6.02. The van der Waals surface area contributed by atoms with E-state index in [-0.39, 0.29) is 17.5 Å². The predicted molar refractivity (Wildman–Crippen MR) is 128 cm³/mol. The van der Waals surface area contributed by atoms with Crippen LogP contribution < -0.4 is 11.1 Å². The number of nitrogens with zero attached hydrogens (tertiary/aromatic N) is 2. The van der Waals surface area contributed by atoms with Crippen LogP contribution in [0.5, 0.6) is 0 Å². The molecule has 6 nitrogen and oxygen atoms in total. The molecule has 1 aromatic carbocycles. The number of alkyl halides is 1. The summed E-state index contributed by atoms with van der Waals surface area (Å²) in [6.07, 6.45) is 11.9. The smallest absolute Gasteiger partial charge is 0.252 e. The van der Waals surface area contributed by atoms with Crippen LogP contribution in [0.1, 0.15) is 44.0 Å². The maximum atomic E-state index is 14.5. The molecule has 1 aliphatic carbocycles. The number of aromatic nitrogens is 2. The third kappa shape index (κ3) is 5.73. The number of hydrogen-bond donors (Lipinski definition) is 2. The van der Waals surface area contributed by atoms with Gasteiger partial charge in [-0.15, -0.1) is 12.8 Å². The summed E-state index contributed by atoms with van der Waals surface area (Å²) < 4.78 is 16.2. The number of rotatable bonds is 4. The Balaban J connectivity index is 0.000000789. The van der Waals surface area contributed by atoms with Gasteiger partial charge in [0.15, 0.2) is 0 Å². The van der Waals surface area contributed by atoms with Crippen molar-refractivity contribution >= 4 is 23.9 Å². The number of fused-ring (bicyclic) bond motifs is 1. The summed E-state index contributed by atoms with van der Waals surface area (Å²) >= 11 is 0. The highest BCUT2D eigenvalue weighted by Crippen LogP contribution is 2.34. The average Bonchev–Trinajstić information content (AvgIpc) is 3.43. The Kier molecular flexibility index (Phi) is 10.6. The van der Waals surface area contributed by atoms with Crippen LogP contribution in [0, 0.1) is 18.8 Å². The van der Waals surface area contributed by atoms with Gasteiger partial charge in [-0.05, 0) is 30.4 Å². The molecule has 0 spiro atoms. The third-order valence-electron chi connectivity index (χ3n) is 5.20. The van der Waals surface area contributed by atoms with E-state index >= 15 is 0 Å². The van der Waals surface area contributed by atoms with Gasteiger partial charge in [-0.2, -0.15) is 5.10 Å². The number of carbonyl (C=O) groups excluding carboxylic acids is 2. The summed E-state index contributed by atoms with van der Waals surface area (Å²) in [6.45, 7) is 7.91. The average molecular weight is 439 g/mol. The zero-order valence-electron chi connectivity index (χ0n) is 18.8. The summed E-state index contributed by atoms with van der Waals surface area (Å²) in [5.41, 5.74) is 9.10. The second-order valence-electron chi connectivity index (χ2n) is 6.97. The van der Waals surface area contributed by atoms with E-state index in [0.29, 0.717) is 11.2 Å². The van der Waals surface area contributed by atoms with Crippen molar-refractivity contribution in [2.24, 2.45) is 11.7 Å². The van der Waals surface area contributed by atoms with Crippen molar-refractivity contribution < 1.29 is 14.0 Å². The third-order valence-corrected chi connectivity index (χ3v) is 5.20. The second kappa shape index (κ2) is 12.9. The molecular weight excluding hydrogens is 407 g/mol. The quantitative estimate of drug-likeness (QED) is 0.576. The summed E-state index contributed by atoms with van der Waals surface area (Å²) in [5.74, 6) is -0.569. The van der Waals surface area contributed by atoms with Gasteiger partial charge in [-0.3, -0.25) is 4.79 Å². The van der Waals surface area contributed by atoms with Crippen molar-refractivity contribution in [3.8, 4) is 24.0 Å². The normalized spacial score (nSPS) is 18.8. The van der Waals surface area contributed by atoms with Gasteiger partial charge < -0.3 is 15.8 Å². The van der Waals surface area contributed by atoms with E-state index in [9.17, 15) is 9.18 Å². The minimum Gasteiger partial charge on any atom is -0.377 e. The molecule has 32 heavy (non-hydrogen) atoms. The zero-order chi connectivity index (χ0) is 24.3. The van der Waals surface area contributed by atoms with E-state index in [1.54, 1.807) is 4.52 Å². The number of anilines is 1. The molecule has 1 saturated carbocycles. The van der Waals surface area contributed by atoms with E-state index in [0.717, 1.165) is 24.0 Å². The zero-order valence-corrected chi connectivity index (χ0v) is 18.8. The molecule has 3 N–H and O–H groups in total. The van der Waals surface area contributed by atoms with Crippen molar-refractivity contribution in [2.75, 3.05) is 5.32 Å². The number of hydrogen-bond acceptors (Lipinski definition) is 4. The Bertz CT molecular complexity index is 1020. The Hall–Kier alpha value is -3.66. The number of carbonyl (C=O) groups is 2. The minimum atomic E-state index is -0.951. The standard InChI is InChI=1S/C20H21FN4O.C2H6.C2H2.CH2O/c1-12-7-8-16(18(12)21)24-19-15(20(22)26)10-23-25-11-14(9-17(19)25)13-5-3-2-4-6-13;3*1-2/h2-6,9-12,16,18,24H,7-8H2,1H3,(H2,22,26);1-2H3;1-2H;1H2/t12-,16+,18-;;;/m0.../s1. The van der Waals surface area contributed by atoms with Crippen molar-refractivity contribution in [3.05, 3.63) is 54.4 Å². The molecule has 4 rings (SSSR count). The lowest BCUT2D eigenvalue weighted by molar-refractivity contribution is -0.0980. The van der Waals surface area contributed by atoms with Crippen LogP contribution in [-0.2, 0) is 4.79 Å². The fraction of sp³-hybridized carbons (Fsp3) is 0.320. The number of benzene rings is 1. The van der Waals surface area contributed by atoms with Crippen molar-refractivity contribution in [1.82, 2.24) is 9.61 Å². The largest absolute Gasteiger partial charge is 0.377 e. The first-order chi connectivity index (χ1) is 15.5. The lowest BCUT2D eigenvalue weighted by Gasteiger charge is -2.20. The van der Waals surface area contributed by atoms with E-state index in [1.807, 2.05) is 70.2 Å². The fourth-order valence-electron chi connectivity index (χ4n) is 3.68. The van der Waals surface area contributed by atoms with E-state index in [4.69, 9.17) is 10.5 Å². The van der Waals surface area contributed by atoms with Gasteiger partial charge in [0, 0.05) is 11.8 Å². The molecular formula is C25H31FN4O2. The Morgan fingerprint density at radius 1 is 1.19 bits per heavy atom. The minimum absolute atomic E-state index is 0.00838. The monoisotopic (exact) mass is 438 g/mol. The Labute approximate surface area is 189 Å². The first kappa shape index (κ1) is 26.4. The number of primary amides is 1. The van der Waals surface area contributed by atoms with Gasteiger partial charge in [0.25, 0.3) is 5.91 Å². The molecule has 1 aliphatic rings. The maximum Gasteiger partial charge on any atom is 0.252 e. The van der Waals surface area contributed by atoms with Crippen molar-refractivity contribution in [1.29, 1.82) is 0 Å². The van der Waals surface area contributed by atoms with Crippen LogP contribution in [0.4, 0.5) is 10.1 Å². The highest BCUT2D eigenvalue weighted by atomic mass is 19.1. The molecule has 0 unspecified atom stereocenters. The molecule has 3 aromatic rings. The lowest BCUT2D eigenvalue weighted by Crippen LogP contribution is -2.29. The summed E-state index contributed by atoms with van der Waals surface area (Å²) in [4.78, 5) is 19.9. The molecule has 1 fully saturated rings. The molecule has 0 bridgehead atoms. The van der Waals surface area contributed by atoms with Crippen LogP contribution >= 0.6 is 0 Å². The van der Waals surface area contributed by atoms with Crippen LogP contribution in [-0.4, -0.2) is 34.5 Å². The van der Waals surface area contributed by atoms with Crippen LogP contribution in [0.25, 0.3) is 16.6 Å². The second-order valence-corrected chi connectivity index (χ2v) is 6.97. The highest BCUT2D eigenvalue weighted by Gasteiger charge is 2.34. The van der Waals surface area contributed by atoms with Crippen LogP contribution in [0.2, 0.25) is 0 Å². The van der Waals surface area contributed by atoms with Crippen molar-refractivity contribution in [3.63, 3.8) is 0 Å². The Morgan fingerprint density at radius 3 is 2.34 bits per heavy atom. The summed E-state index contributed by atoms with van der Waals surface area (Å²) in [7, 11) is 0. The molecule has 3 atom stereocenters. The molecule has 170 valence electrons. The molecule has 2 aromatic heterocycles. The topological polar surface area (TPSA) is 89.5 Å². The van der Waals surface area contributed by atoms with Gasteiger partial charge in [-0.1, -0.05) is 51.1 Å². The number of terminal acetylenes is 1. The number of amides is 1. The predicted octanol–water partition coefficient (Wildman–Crippen LogP) is 4.74. The first-order valence-corrected chi connectivity index (χ1v) is 10.4. The fourth-order valence-corrected chi connectivity index (χ4v) is 3.68. The lowest BCUT2D eigenvalue weighted by atomic mass is 10.1. The van der Waals surface area contributed by atoms with Crippen LogP contribution in [0.3, 0.4) is 0 Å². The van der Waals surface area contributed by atoms with E-state index < -0.39 is 12.1 Å². The van der Waals surface area contributed by atoms with Gasteiger partial charge in [0.1, 0.15) is 13.0 Å². The SMILES string of the molecule is C#C.C=O.CC.C[C@H]1CC[C@@H](Nc2c(C(N)=O)cnn3cc(-c4ccccc4)cc23)[C@H]1F. The Morgan fingerprint density at radius 2 is 1.81 bits per heavy atom. The van der Waals surface area contributed by atoms with Crippen LogP contribution in [0.15, 0.2) is 48.8 Å². The molecule has 2 heterocycles.